The highest BCUT2D eigenvalue weighted by Crippen LogP contribution is 2.37. The average molecular weight is 279 g/mol. The molecule has 1 fully saturated rings. The topological polar surface area (TPSA) is 60.0 Å². The minimum atomic E-state index is 0.226. The van der Waals surface area contributed by atoms with Gasteiger partial charge in [0.15, 0.2) is 11.5 Å². The lowest BCUT2D eigenvalue weighted by Gasteiger charge is -2.08. The Hall–Kier alpha value is -1.46. The van der Waals surface area contributed by atoms with Crippen molar-refractivity contribution < 1.29 is 19.3 Å². The third-order valence-electron chi connectivity index (χ3n) is 3.58. The summed E-state index contributed by atoms with van der Waals surface area (Å²) in [6.45, 7) is 3.44. The van der Waals surface area contributed by atoms with Gasteiger partial charge in [0.2, 0.25) is 6.79 Å². The molecule has 3 rings (SSSR count). The van der Waals surface area contributed by atoms with E-state index in [1.807, 2.05) is 6.07 Å². The first-order valence-corrected chi connectivity index (χ1v) is 7.23. The number of aromatic hydroxyl groups is 1. The largest absolute Gasteiger partial charge is 0.507 e. The molecule has 5 nitrogen and oxygen atoms in total. The molecule has 5 heteroatoms. The fraction of sp³-hybridized carbons (Fsp3) is 0.600. The molecule has 0 bridgehead atoms. The summed E-state index contributed by atoms with van der Waals surface area (Å²) in [5.41, 5.74) is 0.827. The number of hydrogen-bond donors (Lipinski definition) is 2. The van der Waals surface area contributed by atoms with Crippen molar-refractivity contribution in [1.29, 1.82) is 0 Å². The van der Waals surface area contributed by atoms with Gasteiger partial charge in [-0.1, -0.05) is 0 Å². The van der Waals surface area contributed by atoms with Crippen molar-refractivity contribution in [3.05, 3.63) is 17.7 Å². The normalized spacial score (nSPS) is 16.6. The molecule has 1 aromatic rings. The molecule has 1 heterocycles. The van der Waals surface area contributed by atoms with Crippen molar-refractivity contribution in [2.75, 3.05) is 26.6 Å². The van der Waals surface area contributed by atoms with Crippen molar-refractivity contribution in [2.24, 2.45) is 5.92 Å². The van der Waals surface area contributed by atoms with E-state index in [-0.39, 0.29) is 12.5 Å². The Morgan fingerprint density at radius 3 is 2.85 bits per heavy atom. The zero-order chi connectivity index (χ0) is 13.8. The lowest BCUT2D eigenvalue weighted by atomic mass is 10.1. The summed E-state index contributed by atoms with van der Waals surface area (Å²) in [5, 5.41) is 13.2. The van der Waals surface area contributed by atoms with Gasteiger partial charge >= 0.3 is 0 Å². The van der Waals surface area contributed by atoms with E-state index in [1.54, 1.807) is 6.07 Å². The van der Waals surface area contributed by atoms with Crippen molar-refractivity contribution in [3.63, 3.8) is 0 Å². The van der Waals surface area contributed by atoms with E-state index in [9.17, 15) is 5.11 Å². The molecule has 1 aliphatic carbocycles. The van der Waals surface area contributed by atoms with Gasteiger partial charge in [-0.3, -0.25) is 0 Å². The van der Waals surface area contributed by atoms with Gasteiger partial charge in [-0.15, -0.1) is 0 Å². The maximum Gasteiger partial charge on any atom is 0.231 e. The highest BCUT2D eigenvalue weighted by Gasteiger charge is 2.20. The minimum absolute atomic E-state index is 0.226. The van der Waals surface area contributed by atoms with Crippen LogP contribution in [0.25, 0.3) is 0 Å². The Morgan fingerprint density at radius 1 is 1.25 bits per heavy atom. The summed E-state index contributed by atoms with van der Waals surface area (Å²) in [4.78, 5) is 0. The first kappa shape index (κ1) is 13.5. The molecule has 1 saturated carbocycles. The smallest absolute Gasteiger partial charge is 0.231 e. The van der Waals surface area contributed by atoms with Crippen molar-refractivity contribution >= 4 is 0 Å². The molecule has 0 unspecified atom stereocenters. The van der Waals surface area contributed by atoms with Crippen LogP contribution in [0.2, 0.25) is 0 Å². The van der Waals surface area contributed by atoms with Crippen LogP contribution in [0.15, 0.2) is 12.1 Å². The molecule has 2 aliphatic rings. The summed E-state index contributed by atoms with van der Waals surface area (Å²) in [7, 11) is 0. The highest BCUT2D eigenvalue weighted by atomic mass is 16.7. The molecule has 2 N–H and O–H groups in total. The molecule has 0 saturated heterocycles. The van der Waals surface area contributed by atoms with E-state index < -0.39 is 0 Å². The monoisotopic (exact) mass is 279 g/mol. The highest BCUT2D eigenvalue weighted by molar-refractivity contribution is 5.51. The van der Waals surface area contributed by atoms with Gasteiger partial charge in [-0.25, -0.2) is 0 Å². The second-order valence-electron chi connectivity index (χ2n) is 5.38. The fourth-order valence-corrected chi connectivity index (χ4v) is 2.17. The molecule has 1 aliphatic heterocycles. The zero-order valence-electron chi connectivity index (χ0n) is 11.6. The maximum absolute atomic E-state index is 9.88. The van der Waals surface area contributed by atoms with E-state index in [4.69, 9.17) is 14.2 Å². The predicted molar refractivity (Wildman–Crippen MR) is 74.1 cm³/mol. The molecule has 0 amide bonds. The van der Waals surface area contributed by atoms with Crippen molar-refractivity contribution in [3.8, 4) is 17.2 Å². The van der Waals surface area contributed by atoms with Crippen LogP contribution in [0.4, 0.5) is 0 Å². The molecular formula is C15H21NO4. The number of rotatable bonds is 8. The second-order valence-corrected chi connectivity index (χ2v) is 5.38. The second kappa shape index (κ2) is 6.33. The van der Waals surface area contributed by atoms with Crippen molar-refractivity contribution in [2.45, 2.75) is 25.8 Å². The van der Waals surface area contributed by atoms with Crippen LogP contribution in [0, 0.1) is 5.92 Å². The SMILES string of the molecule is Oc1cc2c(cc1CNCCCOCC1CC1)OCO2. The molecule has 0 spiro atoms. The van der Waals surface area contributed by atoms with Gasteiger partial charge in [0, 0.05) is 31.4 Å². The number of hydrogen-bond acceptors (Lipinski definition) is 5. The number of nitrogens with one attached hydrogen (secondary N) is 1. The minimum Gasteiger partial charge on any atom is -0.507 e. The maximum atomic E-state index is 9.88. The third-order valence-corrected chi connectivity index (χ3v) is 3.58. The van der Waals surface area contributed by atoms with Crippen LogP contribution in [0.3, 0.4) is 0 Å². The van der Waals surface area contributed by atoms with E-state index >= 15 is 0 Å². The lowest BCUT2D eigenvalue weighted by molar-refractivity contribution is 0.122. The summed E-state index contributed by atoms with van der Waals surface area (Å²) < 4.78 is 16.1. The van der Waals surface area contributed by atoms with Crippen molar-refractivity contribution in [1.82, 2.24) is 5.32 Å². The van der Waals surface area contributed by atoms with E-state index in [2.05, 4.69) is 5.32 Å². The standard InChI is InChI=1S/C15H21NO4/c17-13-7-15-14(19-10-20-15)6-12(13)8-16-4-1-5-18-9-11-2-3-11/h6-7,11,16-17H,1-5,8-10H2. The molecule has 1 aromatic carbocycles. The zero-order valence-corrected chi connectivity index (χ0v) is 11.6. The fourth-order valence-electron chi connectivity index (χ4n) is 2.17. The first-order valence-electron chi connectivity index (χ1n) is 7.23. The Morgan fingerprint density at radius 2 is 2.05 bits per heavy atom. The van der Waals surface area contributed by atoms with Crippen LogP contribution < -0.4 is 14.8 Å². The summed E-state index contributed by atoms with van der Waals surface area (Å²) in [6, 6.07) is 3.44. The predicted octanol–water partition coefficient (Wildman–Crippen LogP) is 2.03. The lowest BCUT2D eigenvalue weighted by Crippen LogP contribution is -2.16. The molecule has 20 heavy (non-hydrogen) atoms. The van der Waals surface area contributed by atoms with E-state index in [0.717, 1.165) is 37.7 Å². The van der Waals surface area contributed by atoms with Gasteiger partial charge in [0.05, 0.1) is 0 Å². The van der Waals surface area contributed by atoms with Crippen LogP contribution in [0.5, 0.6) is 17.2 Å². The Labute approximate surface area is 118 Å². The van der Waals surface area contributed by atoms with Gasteiger partial charge < -0.3 is 24.6 Å². The number of phenols is 1. The summed E-state index contributed by atoms with van der Waals surface area (Å²) in [6.07, 6.45) is 3.65. The molecule has 0 atom stereocenters. The Kier molecular flexibility index (Phi) is 4.28. The molecule has 0 radical (unpaired) electrons. The molecule has 0 aromatic heterocycles. The quantitative estimate of drug-likeness (QED) is 0.713. The Balaban J connectivity index is 1.35. The van der Waals surface area contributed by atoms with Gasteiger partial charge in [0.1, 0.15) is 5.75 Å². The number of phenolic OH excluding ortho intramolecular Hbond substituents is 1. The summed E-state index contributed by atoms with van der Waals surface area (Å²) in [5.74, 6) is 2.38. The molecule has 110 valence electrons. The van der Waals surface area contributed by atoms with E-state index in [1.165, 1.54) is 12.8 Å². The summed E-state index contributed by atoms with van der Waals surface area (Å²) >= 11 is 0. The van der Waals surface area contributed by atoms with Gasteiger partial charge in [-0.05, 0) is 37.8 Å². The average Bonchev–Trinajstić information content (AvgIpc) is 3.16. The first-order chi connectivity index (χ1) is 9.83. The van der Waals surface area contributed by atoms with Crippen LogP contribution >= 0.6 is 0 Å². The van der Waals surface area contributed by atoms with Gasteiger partial charge in [0.25, 0.3) is 0 Å². The third kappa shape index (κ3) is 3.55. The van der Waals surface area contributed by atoms with Gasteiger partial charge in [-0.2, -0.15) is 0 Å². The number of fused-ring (bicyclic) bond motifs is 1. The van der Waals surface area contributed by atoms with Crippen LogP contribution in [-0.2, 0) is 11.3 Å². The van der Waals surface area contributed by atoms with E-state index in [0.29, 0.717) is 18.0 Å². The number of ether oxygens (including phenoxy) is 3. The number of benzene rings is 1. The van der Waals surface area contributed by atoms with Crippen LogP contribution in [0.1, 0.15) is 24.8 Å². The molecular weight excluding hydrogens is 258 g/mol. The van der Waals surface area contributed by atoms with Crippen LogP contribution in [-0.4, -0.2) is 31.7 Å². The Bertz CT molecular complexity index is 459.